The first kappa shape index (κ1) is 15.5. The summed E-state index contributed by atoms with van der Waals surface area (Å²) in [4.78, 5) is 18.4. The number of carbonyl (C=O) groups is 1. The average Bonchev–Trinajstić information content (AvgIpc) is 2.62. The van der Waals surface area contributed by atoms with Crippen LogP contribution in [0.1, 0.15) is 31.4 Å². The second kappa shape index (κ2) is 6.82. The van der Waals surface area contributed by atoms with E-state index in [9.17, 15) is 4.79 Å². The number of hydrogen-bond donors (Lipinski definition) is 0. The Morgan fingerprint density at radius 2 is 2.00 bits per heavy atom. The number of nitrogens with zero attached hydrogens (tertiary/aromatic N) is 2. The van der Waals surface area contributed by atoms with Crippen molar-refractivity contribution in [3.05, 3.63) is 48.2 Å². The third-order valence-electron chi connectivity index (χ3n) is 4.44. The van der Waals surface area contributed by atoms with E-state index in [1.807, 2.05) is 35.2 Å². The largest absolute Gasteiger partial charge is 0.497 e. The molecule has 1 aliphatic heterocycles. The summed E-state index contributed by atoms with van der Waals surface area (Å²) >= 11 is 0. The molecule has 1 atom stereocenters. The van der Waals surface area contributed by atoms with Crippen LogP contribution in [0.15, 0.2) is 42.5 Å². The zero-order valence-electron chi connectivity index (χ0n) is 13.7. The van der Waals surface area contributed by atoms with E-state index in [4.69, 9.17) is 9.72 Å². The standard InChI is InChI=1S/C19H22N2O2/c1-14(22)21-12-4-5-16(13-21)19-7-3-6-18(20-19)15-8-10-17(23-2)11-9-15/h3,6-11,16H,4-5,12-13H2,1-2H3. The molecule has 0 saturated carbocycles. The summed E-state index contributed by atoms with van der Waals surface area (Å²) in [5.74, 6) is 1.32. The molecule has 4 heteroatoms. The molecule has 0 bridgehead atoms. The van der Waals surface area contributed by atoms with Crippen LogP contribution >= 0.6 is 0 Å². The molecule has 0 radical (unpaired) electrons. The number of hydrogen-bond acceptors (Lipinski definition) is 3. The molecule has 3 rings (SSSR count). The van der Waals surface area contributed by atoms with Crippen molar-refractivity contribution in [2.24, 2.45) is 0 Å². The van der Waals surface area contributed by atoms with Crippen molar-refractivity contribution in [3.8, 4) is 17.0 Å². The second-order valence-electron chi connectivity index (χ2n) is 5.98. The number of rotatable bonds is 3. The van der Waals surface area contributed by atoms with E-state index in [1.165, 1.54) is 0 Å². The number of likely N-dealkylation sites (tertiary alicyclic amines) is 1. The van der Waals surface area contributed by atoms with Crippen molar-refractivity contribution >= 4 is 5.91 Å². The minimum absolute atomic E-state index is 0.154. The van der Waals surface area contributed by atoms with E-state index in [0.29, 0.717) is 5.92 Å². The Hall–Kier alpha value is -2.36. The van der Waals surface area contributed by atoms with Gasteiger partial charge in [-0.2, -0.15) is 0 Å². The van der Waals surface area contributed by atoms with Gasteiger partial charge in [0.2, 0.25) is 5.91 Å². The highest BCUT2D eigenvalue weighted by molar-refractivity contribution is 5.73. The normalized spacial score (nSPS) is 17.8. The van der Waals surface area contributed by atoms with Gasteiger partial charge in [-0.15, -0.1) is 0 Å². The van der Waals surface area contributed by atoms with Gasteiger partial charge in [-0.05, 0) is 49.2 Å². The number of benzene rings is 1. The molecule has 0 aliphatic carbocycles. The lowest BCUT2D eigenvalue weighted by Gasteiger charge is -2.31. The molecular formula is C19H22N2O2. The van der Waals surface area contributed by atoms with Gasteiger partial charge in [0.05, 0.1) is 12.8 Å². The fraction of sp³-hybridized carbons (Fsp3) is 0.368. The summed E-state index contributed by atoms with van der Waals surface area (Å²) in [6.45, 7) is 3.28. The SMILES string of the molecule is COc1ccc(-c2cccc(C3CCCN(C(C)=O)C3)n2)cc1. The molecular weight excluding hydrogens is 288 g/mol. The molecule has 1 fully saturated rings. The summed E-state index contributed by atoms with van der Waals surface area (Å²) < 4.78 is 5.20. The van der Waals surface area contributed by atoms with Crippen LogP contribution in [-0.4, -0.2) is 36.0 Å². The number of amides is 1. The molecule has 1 saturated heterocycles. The maximum absolute atomic E-state index is 11.6. The van der Waals surface area contributed by atoms with Crippen molar-refractivity contribution in [1.82, 2.24) is 9.88 Å². The first-order valence-electron chi connectivity index (χ1n) is 8.04. The minimum atomic E-state index is 0.154. The van der Waals surface area contributed by atoms with Crippen LogP contribution in [0.25, 0.3) is 11.3 Å². The van der Waals surface area contributed by atoms with E-state index in [0.717, 1.165) is 48.6 Å². The lowest BCUT2D eigenvalue weighted by molar-refractivity contribution is -0.130. The van der Waals surface area contributed by atoms with Crippen LogP contribution in [0.4, 0.5) is 0 Å². The zero-order valence-corrected chi connectivity index (χ0v) is 13.7. The first-order valence-corrected chi connectivity index (χ1v) is 8.04. The van der Waals surface area contributed by atoms with Crippen LogP contribution in [0.3, 0.4) is 0 Å². The number of piperidine rings is 1. The third kappa shape index (κ3) is 3.52. The summed E-state index contributed by atoms with van der Waals surface area (Å²) in [6, 6.07) is 14.1. The van der Waals surface area contributed by atoms with Crippen LogP contribution in [0.2, 0.25) is 0 Å². The monoisotopic (exact) mass is 310 g/mol. The molecule has 1 aromatic heterocycles. The maximum Gasteiger partial charge on any atom is 0.219 e. The van der Waals surface area contributed by atoms with Crippen molar-refractivity contribution in [2.75, 3.05) is 20.2 Å². The van der Waals surface area contributed by atoms with Gasteiger partial charge >= 0.3 is 0 Å². The fourth-order valence-corrected chi connectivity index (χ4v) is 3.11. The summed E-state index contributed by atoms with van der Waals surface area (Å²) in [5.41, 5.74) is 3.11. The van der Waals surface area contributed by atoms with Crippen molar-refractivity contribution < 1.29 is 9.53 Å². The molecule has 0 N–H and O–H groups in total. The van der Waals surface area contributed by atoms with Crippen molar-refractivity contribution in [1.29, 1.82) is 0 Å². The number of aromatic nitrogens is 1. The van der Waals surface area contributed by atoms with E-state index < -0.39 is 0 Å². The first-order chi connectivity index (χ1) is 11.2. The smallest absolute Gasteiger partial charge is 0.219 e. The number of ether oxygens (including phenoxy) is 1. The Labute approximate surface area is 137 Å². The topological polar surface area (TPSA) is 42.4 Å². The highest BCUT2D eigenvalue weighted by atomic mass is 16.5. The van der Waals surface area contributed by atoms with E-state index >= 15 is 0 Å². The zero-order chi connectivity index (χ0) is 16.2. The fourth-order valence-electron chi connectivity index (χ4n) is 3.11. The Balaban J connectivity index is 1.82. The maximum atomic E-state index is 11.6. The van der Waals surface area contributed by atoms with Crippen molar-refractivity contribution in [3.63, 3.8) is 0 Å². The molecule has 4 nitrogen and oxygen atoms in total. The quantitative estimate of drug-likeness (QED) is 0.871. The third-order valence-corrected chi connectivity index (χ3v) is 4.44. The molecule has 1 unspecified atom stereocenters. The van der Waals surface area contributed by atoms with Gasteiger partial charge in [0.25, 0.3) is 0 Å². The lowest BCUT2D eigenvalue weighted by Crippen LogP contribution is -2.37. The van der Waals surface area contributed by atoms with Gasteiger partial charge in [-0.1, -0.05) is 6.07 Å². The van der Waals surface area contributed by atoms with E-state index in [1.54, 1.807) is 14.0 Å². The van der Waals surface area contributed by atoms with Gasteiger partial charge in [0.1, 0.15) is 5.75 Å². The average molecular weight is 310 g/mol. The Kier molecular flexibility index (Phi) is 4.60. The van der Waals surface area contributed by atoms with Crippen molar-refractivity contribution in [2.45, 2.75) is 25.7 Å². The lowest BCUT2D eigenvalue weighted by atomic mass is 9.94. The molecule has 120 valence electrons. The van der Waals surface area contributed by atoms with Crippen LogP contribution in [0, 0.1) is 0 Å². The summed E-state index contributed by atoms with van der Waals surface area (Å²) in [6.07, 6.45) is 2.13. The molecule has 23 heavy (non-hydrogen) atoms. The Bertz CT molecular complexity index is 682. The minimum Gasteiger partial charge on any atom is -0.497 e. The molecule has 1 aromatic carbocycles. The van der Waals surface area contributed by atoms with Gasteiger partial charge in [-0.3, -0.25) is 9.78 Å². The van der Waals surface area contributed by atoms with E-state index in [2.05, 4.69) is 12.1 Å². The molecule has 0 spiro atoms. The molecule has 2 aromatic rings. The van der Waals surface area contributed by atoms with Gasteiger partial charge < -0.3 is 9.64 Å². The van der Waals surface area contributed by atoms with Crippen LogP contribution in [-0.2, 0) is 4.79 Å². The highest BCUT2D eigenvalue weighted by Gasteiger charge is 2.23. The van der Waals surface area contributed by atoms with Crippen LogP contribution < -0.4 is 4.74 Å². The van der Waals surface area contributed by atoms with Crippen LogP contribution in [0.5, 0.6) is 5.75 Å². The molecule has 1 amide bonds. The second-order valence-corrected chi connectivity index (χ2v) is 5.98. The molecule has 1 aliphatic rings. The Morgan fingerprint density at radius 3 is 2.70 bits per heavy atom. The van der Waals surface area contributed by atoms with Gasteiger partial charge in [0.15, 0.2) is 0 Å². The molecule has 2 heterocycles. The summed E-state index contributed by atoms with van der Waals surface area (Å²) in [7, 11) is 1.66. The van der Waals surface area contributed by atoms with E-state index in [-0.39, 0.29) is 5.91 Å². The predicted octanol–water partition coefficient (Wildman–Crippen LogP) is 3.48. The number of methoxy groups -OCH3 is 1. The summed E-state index contributed by atoms with van der Waals surface area (Å²) in [5, 5.41) is 0. The predicted molar refractivity (Wildman–Crippen MR) is 90.5 cm³/mol. The van der Waals surface area contributed by atoms with Gasteiger partial charge in [-0.25, -0.2) is 0 Å². The van der Waals surface area contributed by atoms with Gasteiger partial charge in [0, 0.05) is 37.2 Å². The number of carbonyl (C=O) groups excluding carboxylic acids is 1. The number of pyridine rings is 1. The Morgan fingerprint density at radius 1 is 1.22 bits per heavy atom. The highest BCUT2D eigenvalue weighted by Crippen LogP contribution is 2.28.